The summed E-state index contributed by atoms with van der Waals surface area (Å²) >= 11 is 5.84. The second-order valence-corrected chi connectivity index (χ2v) is 8.80. The standard InChI is InChI=1S/C21H18ClN3O4S/c1-14(26)25-19-11-16(21(27)24-13-15-3-2-10-23-12-15)4-9-20(19)30(28,29)18-7-5-17(22)6-8-18/h2-12H,13H2,1H3,(H,24,27)(H,25,26)/p+1. The Morgan fingerprint density at radius 1 is 1.07 bits per heavy atom. The second kappa shape index (κ2) is 9.06. The fourth-order valence-electron chi connectivity index (χ4n) is 2.76. The average molecular weight is 445 g/mol. The van der Waals surface area contributed by atoms with E-state index >= 15 is 0 Å². The second-order valence-electron chi connectivity index (χ2n) is 6.44. The van der Waals surface area contributed by atoms with Gasteiger partial charge in [0.25, 0.3) is 5.91 Å². The summed E-state index contributed by atoms with van der Waals surface area (Å²) in [5, 5.41) is 5.66. The molecule has 30 heavy (non-hydrogen) atoms. The molecule has 1 heterocycles. The number of amides is 2. The lowest BCUT2D eigenvalue weighted by atomic mass is 10.1. The normalized spacial score (nSPS) is 11.0. The van der Waals surface area contributed by atoms with Gasteiger partial charge in [0.1, 0.15) is 0 Å². The first-order valence-corrected chi connectivity index (χ1v) is 10.8. The highest BCUT2D eigenvalue weighted by Gasteiger charge is 2.23. The molecule has 0 saturated carbocycles. The zero-order valence-corrected chi connectivity index (χ0v) is 17.5. The van der Waals surface area contributed by atoms with Gasteiger partial charge in [0.05, 0.1) is 15.5 Å². The van der Waals surface area contributed by atoms with Crippen LogP contribution in [0.4, 0.5) is 5.69 Å². The third-order valence-corrected chi connectivity index (χ3v) is 6.27. The molecule has 0 aliphatic heterocycles. The number of benzene rings is 2. The van der Waals surface area contributed by atoms with Crippen LogP contribution in [0.15, 0.2) is 76.8 Å². The molecule has 0 fully saturated rings. The van der Waals surface area contributed by atoms with Crippen LogP contribution in [0.5, 0.6) is 0 Å². The Morgan fingerprint density at radius 3 is 2.43 bits per heavy atom. The molecule has 0 bridgehead atoms. The predicted molar refractivity (Wildman–Crippen MR) is 112 cm³/mol. The molecule has 1 aromatic heterocycles. The molecule has 7 nitrogen and oxygen atoms in total. The van der Waals surface area contributed by atoms with Crippen molar-refractivity contribution in [3.8, 4) is 0 Å². The molecule has 2 amide bonds. The smallest absolute Gasteiger partial charge is 0.251 e. The molecule has 3 rings (SSSR count). The summed E-state index contributed by atoms with van der Waals surface area (Å²) in [6, 6.07) is 13.4. The van der Waals surface area contributed by atoms with E-state index in [1.807, 2.05) is 12.1 Å². The first kappa shape index (κ1) is 21.5. The minimum atomic E-state index is -3.94. The maximum absolute atomic E-state index is 13.0. The van der Waals surface area contributed by atoms with E-state index in [2.05, 4.69) is 15.6 Å². The molecule has 3 N–H and O–H groups in total. The first-order valence-electron chi connectivity index (χ1n) is 8.93. The van der Waals surface area contributed by atoms with Gasteiger partial charge in [-0.3, -0.25) is 9.59 Å². The van der Waals surface area contributed by atoms with Crippen molar-refractivity contribution in [1.82, 2.24) is 5.32 Å². The summed E-state index contributed by atoms with van der Waals surface area (Å²) in [6.07, 6.45) is 3.51. The SMILES string of the molecule is CC(=O)Nc1cc(C(=O)NCc2ccc[nH+]c2)ccc1S(=O)(=O)c1ccc(Cl)cc1. The number of anilines is 1. The first-order chi connectivity index (χ1) is 14.3. The molecular weight excluding hydrogens is 426 g/mol. The quantitative estimate of drug-likeness (QED) is 0.609. The number of sulfone groups is 1. The number of pyridine rings is 1. The Hall–Kier alpha value is -3.23. The molecule has 0 atom stereocenters. The summed E-state index contributed by atoms with van der Waals surface area (Å²) < 4.78 is 26.1. The molecule has 9 heteroatoms. The Kier molecular flexibility index (Phi) is 6.49. The fourth-order valence-corrected chi connectivity index (χ4v) is 4.28. The highest BCUT2D eigenvalue weighted by molar-refractivity contribution is 7.91. The highest BCUT2D eigenvalue weighted by atomic mass is 35.5. The van der Waals surface area contributed by atoms with Gasteiger partial charge >= 0.3 is 0 Å². The Bertz CT molecular complexity index is 1180. The zero-order valence-electron chi connectivity index (χ0n) is 16.0. The lowest BCUT2D eigenvalue weighted by Crippen LogP contribution is -2.24. The minimum Gasteiger partial charge on any atom is -0.348 e. The summed E-state index contributed by atoms with van der Waals surface area (Å²) in [7, 11) is -3.94. The van der Waals surface area contributed by atoms with E-state index in [9.17, 15) is 18.0 Å². The van der Waals surface area contributed by atoms with Gasteiger partial charge in [0.2, 0.25) is 15.7 Å². The van der Waals surface area contributed by atoms with E-state index in [4.69, 9.17) is 11.6 Å². The van der Waals surface area contributed by atoms with Crippen molar-refractivity contribution in [2.24, 2.45) is 0 Å². The number of nitrogens with one attached hydrogen (secondary N) is 3. The number of carbonyl (C=O) groups is 2. The van der Waals surface area contributed by atoms with Crippen LogP contribution in [0, 0.1) is 0 Å². The van der Waals surface area contributed by atoms with Crippen LogP contribution in [-0.2, 0) is 21.2 Å². The lowest BCUT2D eigenvalue weighted by molar-refractivity contribution is -0.378. The molecular formula is C21H19ClN3O4S+. The molecule has 2 aromatic carbocycles. The van der Waals surface area contributed by atoms with Gasteiger partial charge in [-0.15, -0.1) is 0 Å². The number of aromatic nitrogens is 1. The number of aromatic amines is 1. The number of carbonyl (C=O) groups excluding carboxylic acids is 2. The number of rotatable bonds is 6. The molecule has 0 aliphatic carbocycles. The van der Waals surface area contributed by atoms with Gasteiger partial charge in [-0.2, -0.15) is 0 Å². The van der Waals surface area contributed by atoms with Gasteiger partial charge in [-0.25, -0.2) is 13.4 Å². The van der Waals surface area contributed by atoms with E-state index in [1.165, 1.54) is 49.4 Å². The predicted octanol–water partition coefficient (Wildman–Crippen LogP) is 2.88. The maximum atomic E-state index is 13.0. The summed E-state index contributed by atoms with van der Waals surface area (Å²) in [4.78, 5) is 27.0. The summed E-state index contributed by atoms with van der Waals surface area (Å²) in [5.41, 5.74) is 1.11. The Labute approximate surface area is 179 Å². The number of hydrogen-bond acceptors (Lipinski definition) is 4. The number of H-pyrrole nitrogens is 1. The fraction of sp³-hybridized carbons (Fsp3) is 0.0952. The maximum Gasteiger partial charge on any atom is 0.251 e. The van der Waals surface area contributed by atoms with Gasteiger partial charge < -0.3 is 10.6 Å². The van der Waals surface area contributed by atoms with E-state index in [0.29, 0.717) is 5.02 Å². The van der Waals surface area contributed by atoms with Crippen LogP contribution in [0.1, 0.15) is 22.8 Å². The van der Waals surface area contributed by atoms with E-state index < -0.39 is 21.7 Å². The van der Waals surface area contributed by atoms with Gasteiger partial charge in [-0.1, -0.05) is 11.6 Å². The van der Waals surface area contributed by atoms with Crippen molar-refractivity contribution in [2.75, 3.05) is 5.32 Å². The van der Waals surface area contributed by atoms with Crippen LogP contribution in [0.3, 0.4) is 0 Å². The minimum absolute atomic E-state index is 0.0241. The van der Waals surface area contributed by atoms with Gasteiger partial charge in [-0.05, 0) is 48.5 Å². The Morgan fingerprint density at radius 2 is 1.80 bits per heavy atom. The zero-order chi connectivity index (χ0) is 21.7. The topological polar surface area (TPSA) is 106 Å². The van der Waals surface area contributed by atoms with Crippen LogP contribution >= 0.6 is 11.6 Å². The summed E-state index contributed by atoms with van der Waals surface area (Å²) in [5.74, 6) is -0.860. The van der Waals surface area contributed by atoms with Crippen LogP contribution in [-0.4, -0.2) is 20.2 Å². The lowest BCUT2D eigenvalue weighted by Gasteiger charge is -2.13. The van der Waals surface area contributed by atoms with Gasteiger partial charge in [0, 0.05) is 35.7 Å². The van der Waals surface area contributed by atoms with E-state index in [1.54, 1.807) is 12.4 Å². The van der Waals surface area contributed by atoms with E-state index in [0.717, 1.165) is 5.56 Å². The number of hydrogen-bond donors (Lipinski definition) is 2. The molecule has 0 spiro atoms. The van der Waals surface area contributed by atoms with Gasteiger partial charge in [0.15, 0.2) is 12.4 Å². The van der Waals surface area contributed by atoms with Crippen molar-refractivity contribution in [3.05, 3.63) is 83.1 Å². The largest absolute Gasteiger partial charge is 0.348 e. The monoisotopic (exact) mass is 444 g/mol. The van der Waals surface area contributed by atoms with Crippen molar-refractivity contribution in [1.29, 1.82) is 0 Å². The molecule has 0 saturated heterocycles. The molecule has 0 radical (unpaired) electrons. The summed E-state index contributed by atoms with van der Waals surface area (Å²) in [6.45, 7) is 1.55. The molecule has 154 valence electrons. The van der Waals surface area contributed by atoms with Crippen molar-refractivity contribution in [3.63, 3.8) is 0 Å². The molecule has 0 aliphatic rings. The molecule has 0 unspecified atom stereocenters. The van der Waals surface area contributed by atoms with Crippen LogP contribution in [0.2, 0.25) is 5.02 Å². The number of halogens is 1. The third-order valence-electron chi connectivity index (χ3n) is 4.19. The van der Waals surface area contributed by atoms with Crippen LogP contribution in [0.25, 0.3) is 0 Å². The van der Waals surface area contributed by atoms with Crippen molar-refractivity contribution < 1.29 is 23.0 Å². The highest BCUT2D eigenvalue weighted by Crippen LogP contribution is 2.29. The van der Waals surface area contributed by atoms with E-state index in [-0.39, 0.29) is 27.6 Å². The van der Waals surface area contributed by atoms with Crippen molar-refractivity contribution in [2.45, 2.75) is 23.3 Å². The van der Waals surface area contributed by atoms with Crippen molar-refractivity contribution >= 4 is 38.9 Å². The van der Waals surface area contributed by atoms with Crippen LogP contribution < -0.4 is 15.6 Å². The molecule has 3 aromatic rings. The average Bonchev–Trinajstić information content (AvgIpc) is 2.72. The third kappa shape index (κ3) is 5.03. The Balaban J connectivity index is 1.92.